The summed E-state index contributed by atoms with van der Waals surface area (Å²) >= 11 is 0. The van der Waals surface area contributed by atoms with Crippen LogP contribution in [0.4, 0.5) is 11.4 Å². The lowest BCUT2D eigenvalue weighted by atomic mass is 10.0. The SMILES string of the molecule is CC(C)(C)OC(=O)C1=Cc2cc([N+](=O)[O-])ccc2N(Cc2ccccc2)C1. The summed E-state index contributed by atoms with van der Waals surface area (Å²) in [6.45, 7) is 6.42. The molecule has 27 heavy (non-hydrogen) atoms. The van der Waals surface area contributed by atoms with Gasteiger partial charge in [-0.1, -0.05) is 30.3 Å². The molecule has 140 valence electrons. The molecule has 0 saturated carbocycles. The van der Waals surface area contributed by atoms with Gasteiger partial charge in [0.25, 0.3) is 5.69 Å². The quantitative estimate of drug-likeness (QED) is 0.457. The largest absolute Gasteiger partial charge is 0.457 e. The van der Waals surface area contributed by atoms with Gasteiger partial charge in [-0.15, -0.1) is 0 Å². The van der Waals surface area contributed by atoms with Crippen LogP contribution in [-0.4, -0.2) is 23.0 Å². The monoisotopic (exact) mass is 366 g/mol. The second-order valence-electron chi connectivity index (χ2n) is 7.51. The van der Waals surface area contributed by atoms with Crippen molar-refractivity contribution >= 4 is 23.4 Å². The van der Waals surface area contributed by atoms with Crippen LogP contribution in [-0.2, 0) is 16.1 Å². The summed E-state index contributed by atoms with van der Waals surface area (Å²) in [6, 6.07) is 14.6. The Morgan fingerprint density at radius 2 is 1.89 bits per heavy atom. The van der Waals surface area contributed by atoms with Crippen LogP contribution in [0.1, 0.15) is 31.9 Å². The Balaban J connectivity index is 1.98. The third-order valence-electron chi connectivity index (χ3n) is 4.13. The van der Waals surface area contributed by atoms with E-state index in [9.17, 15) is 14.9 Å². The molecule has 2 aromatic rings. The molecule has 3 rings (SSSR count). The maximum Gasteiger partial charge on any atom is 0.336 e. The first-order valence-electron chi connectivity index (χ1n) is 8.74. The van der Waals surface area contributed by atoms with E-state index in [-0.39, 0.29) is 5.69 Å². The summed E-state index contributed by atoms with van der Waals surface area (Å²) in [5, 5.41) is 11.1. The van der Waals surface area contributed by atoms with Crippen LogP contribution in [0.3, 0.4) is 0 Å². The van der Waals surface area contributed by atoms with E-state index in [0.29, 0.717) is 24.2 Å². The van der Waals surface area contributed by atoms with Gasteiger partial charge in [0.1, 0.15) is 5.60 Å². The summed E-state index contributed by atoms with van der Waals surface area (Å²) in [5.41, 5.74) is 2.46. The fourth-order valence-corrected chi connectivity index (χ4v) is 3.00. The molecule has 0 N–H and O–H groups in total. The Bertz CT molecular complexity index is 898. The average molecular weight is 366 g/mol. The topological polar surface area (TPSA) is 72.7 Å². The lowest BCUT2D eigenvalue weighted by Gasteiger charge is -2.31. The number of anilines is 1. The van der Waals surface area contributed by atoms with Crippen molar-refractivity contribution in [1.29, 1.82) is 0 Å². The molecule has 0 amide bonds. The minimum atomic E-state index is -0.606. The van der Waals surface area contributed by atoms with E-state index >= 15 is 0 Å². The molecule has 0 aliphatic carbocycles. The van der Waals surface area contributed by atoms with Crippen LogP contribution in [0.2, 0.25) is 0 Å². The van der Waals surface area contributed by atoms with Gasteiger partial charge >= 0.3 is 5.97 Å². The third-order valence-corrected chi connectivity index (χ3v) is 4.13. The number of fused-ring (bicyclic) bond motifs is 1. The summed E-state index contributed by atoms with van der Waals surface area (Å²) in [6.07, 6.45) is 1.69. The number of carbonyl (C=O) groups excluding carboxylic acids is 1. The zero-order chi connectivity index (χ0) is 19.6. The average Bonchev–Trinajstić information content (AvgIpc) is 2.60. The van der Waals surface area contributed by atoms with Gasteiger partial charge in [0.2, 0.25) is 0 Å². The lowest BCUT2D eigenvalue weighted by molar-refractivity contribution is -0.384. The van der Waals surface area contributed by atoms with Crippen LogP contribution >= 0.6 is 0 Å². The zero-order valence-electron chi connectivity index (χ0n) is 15.6. The Morgan fingerprint density at radius 3 is 2.52 bits per heavy atom. The zero-order valence-corrected chi connectivity index (χ0v) is 15.6. The van der Waals surface area contributed by atoms with Gasteiger partial charge in [-0.3, -0.25) is 10.1 Å². The first-order chi connectivity index (χ1) is 12.7. The predicted molar refractivity (Wildman–Crippen MR) is 104 cm³/mol. The second-order valence-corrected chi connectivity index (χ2v) is 7.51. The number of carbonyl (C=O) groups is 1. The fraction of sp³-hybridized carbons (Fsp3) is 0.286. The molecule has 0 bridgehead atoms. The summed E-state index contributed by atoms with van der Waals surface area (Å²) in [4.78, 5) is 25.3. The maximum absolute atomic E-state index is 12.6. The van der Waals surface area contributed by atoms with Crippen LogP contribution in [0.25, 0.3) is 6.08 Å². The van der Waals surface area contributed by atoms with Gasteiger partial charge in [0.15, 0.2) is 0 Å². The van der Waals surface area contributed by atoms with Crippen molar-refractivity contribution in [3.63, 3.8) is 0 Å². The van der Waals surface area contributed by atoms with E-state index in [0.717, 1.165) is 11.3 Å². The van der Waals surface area contributed by atoms with Gasteiger partial charge in [0.05, 0.1) is 17.0 Å². The smallest absolute Gasteiger partial charge is 0.336 e. The molecule has 1 aliphatic rings. The number of non-ortho nitro benzene ring substituents is 1. The van der Waals surface area contributed by atoms with E-state index in [1.165, 1.54) is 12.1 Å². The van der Waals surface area contributed by atoms with Gasteiger partial charge in [-0.25, -0.2) is 4.79 Å². The molecule has 0 atom stereocenters. The summed E-state index contributed by atoms with van der Waals surface area (Å²) in [5.74, 6) is -0.405. The predicted octanol–water partition coefficient (Wildman–Crippen LogP) is 4.34. The number of nitro groups is 1. The van der Waals surface area contributed by atoms with Crippen molar-refractivity contribution in [1.82, 2.24) is 0 Å². The fourth-order valence-electron chi connectivity index (χ4n) is 3.00. The Hall–Kier alpha value is -3.15. The van der Waals surface area contributed by atoms with E-state index in [1.54, 1.807) is 12.1 Å². The van der Waals surface area contributed by atoms with Crippen molar-refractivity contribution in [3.05, 3.63) is 75.3 Å². The highest BCUT2D eigenvalue weighted by molar-refractivity contribution is 5.98. The molecule has 6 heteroatoms. The van der Waals surface area contributed by atoms with Gasteiger partial charge in [0, 0.05) is 29.9 Å². The van der Waals surface area contributed by atoms with Gasteiger partial charge in [-0.05, 0) is 38.5 Å². The number of rotatable bonds is 4. The van der Waals surface area contributed by atoms with Crippen LogP contribution < -0.4 is 4.90 Å². The highest BCUT2D eigenvalue weighted by Gasteiger charge is 2.27. The number of hydrogen-bond acceptors (Lipinski definition) is 5. The molecule has 0 radical (unpaired) electrons. The number of hydrogen-bond donors (Lipinski definition) is 0. The number of esters is 1. The van der Waals surface area contributed by atoms with E-state index in [2.05, 4.69) is 0 Å². The van der Waals surface area contributed by atoms with Crippen molar-refractivity contribution in [3.8, 4) is 0 Å². The van der Waals surface area contributed by atoms with E-state index in [4.69, 9.17) is 4.74 Å². The molecule has 2 aromatic carbocycles. The Kier molecular flexibility index (Phi) is 4.99. The van der Waals surface area contributed by atoms with E-state index in [1.807, 2.05) is 56.0 Å². The number of nitro benzene ring substituents is 1. The Morgan fingerprint density at radius 1 is 1.19 bits per heavy atom. The van der Waals surface area contributed by atoms with Crippen molar-refractivity contribution in [2.24, 2.45) is 0 Å². The second kappa shape index (κ2) is 7.23. The molecule has 0 unspecified atom stereocenters. The van der Waals surface area contributed by atoms with Crippen LogP contribution in [0.5, 0.6) is 0 Å². The molecule has 0 aromatic heterocycles. The van der Waals surface area contributed by atoms with Crippen LogP contribution in [0.15, 0.2) is 54.1 Å². The number of nitrogens with zero attached hydrogens (tertiary/aromatic N) is 2. The molecule has 1 aliphatic heterocycles. The maximum atomic E-state index is 12.6. The molecule has 1 heterocycles. The van der Waals surface area contributed by atoms with Crippen molar-refractivity contribution in [2.45, 2.75) is 32.9 Å². The minimum Gasteiger partial charge on any atom is -0.457 e. The molecule has 0 fully saturated rings. The molecular formula is C21H22N2O4. The Labute approximate surface area is 158 Å². The normalized spacial score (nSPS) is 13.6. The van der Waals surface area contributed by atoms with Crippen LogP contribution in [0, 0.1) is 10.1 Å². The minimum absolute atomic E-state index is 0.00454. The molecule has 0 saturated heterocycles. The number of benzene rings is 2. The highest BCUT2D eigenvalue weighted by Crippen LogP contribution is 2.33. The van der Waals surface area contributed by atoms with Gasteiger partial charge in [-0.2, -0.15) is 0 Å². The summed E-state index contributed by atoms with van der Waals surface area (Å²) in [7, 11) is 0. The number of ether oxygens (including phenoxy) is 1. The summed E-state index contributed by atoms with van der Waals surface area (Å²) < 4.78 is 5.50. The molecule has 0 spiro atoms. The third kappa shape index (κ3) is 4.53. The molecule has 6 nitrogen and oxygen atoms in total. The van der Waals surface area contributed by atoms with E-state index < -0.39 is 16.5 Å². The standard InChI is InChI=1S/C21H22N2O4/c1-21(2,3)27-20(24)17-11-16-12-18(23(25)26)9-10-19(16)22(14-17)13-15-7-5-4-6-8-15/h4-12H,13-14H2,1-3H3. The first kappa shape index (κ1) is 18.6. The highest BCUT2D eigenvalue weighted by atomic mass is 16.6. The first-order valence-corrected chi connectivity index (χ1v) is 8.74. The van der Waals surface area contributed by atoms with Gasteiger partial charge < -0.3 is 9.64 Å². The van der Waals surface area contributed by atoms with Crippen molar-refractivity contribution in [2.75, 3.05) is 11.4 Å². The van der Waals surface area contributed by atoms with Crippen molar-refractivity contribution < 1.29 is 14.5 Å². The lowest BCUT2D eigenvalue weighted by Crippen LogP contribution is -2.33. The molecular weight excluding hydrogens is 344 g/mol.